The molecule has 0 aliphatic carbocycles. The maximum absolute atomic E-state index is 12.5. The van der Waals surface area contributed by atoms with Gasteiger partial charge in [-0.15, -0.1) is 0 Å². The monoisotopic (exact) mass is 292 g/mol. The van der Waals surface area contributed by atoms with Crippen molar-refractivity contribution in [1.82, 2.24) is 5.32 Å². The number of hydrogen-bond donors (Lipinski definition) is 1. The van der Waals surface area contributed by atoms with Crippen molar-refractivity contribution in [2.24, 2.45) is 0 Å². The molecule has 0 saturated carbocycles. The highest BCUT2D eigenvalue weighted by atomic mass is 16.5. The molecule has 1 aromatic rings. The van der Waals surface area contributed by atoms with E-state index in [1.54, 1.807) is 4.90 Å². The number of anilines is 1. The molecule has 1 atom stereocenters. The number of hydrogen-bond acceptors (Lipinski definition) is 4. The third kappa shape index (κ3) is 3.47. The van der Waals surface area contributed by atoms with Crippen LogP contribution in [-0.4, -0.2) is 38.3 Å². The lowest BCUT2D eigenvalue weighted by Gasteiger charge is -2.21. The van der Waals surface area contributed by atoms with Gasteiger partial charge in [-0.2, -0.15) is 0 Å². The van der Waals surface area contributed by atoms with E-state index in [2.05, 4.69) is 5.32 Å². The van der Waals surface area contributed by atoms with Crippen molar-refractivity contribution in [3.8, 4) is 11.5 Å². The molecule has 1 amide bonds. The molecule has 5 nitrogen and oxygen atoms in total. The average molecular weight is 292 g/mol. The molecular weight excluding hydrogens is 268 g/mol. The van der Waals surface area contributed by atoms with E-state index in [1.807, 2.05) is 39.0 Å². The number of ether oxygens (including phenoxy) is 2. The lowest BCUT2D eigenvalue weighted by atomic mass is 10.2. The third-order valence-electron chi connectivity index (χ3n) is 3.49. The van der Waals surface area contributed by atoms with Gasteiger partial charge >= 0.3 is 0 Å². The molecule has 1 heterocycles. The predicted octanol–water partition coefficient (Wildman–Crippen LogP) is 2.20. The minimum absolute atomic E-state index is 0.0970. The van der Waals surface area contributed by atoms with E-state index < -0.39 is 0 Å². The zero-order valence-corrected chi connectivity index (χ0v) is 13.0. The van der Waals surface area contributed by atoms with Crippen LogP contribution in [0.15, 0.2) is 18.2 Å². The highest BCUT2D eigenvalue weighted by Crippen LogP contribution is 2.35. The number of likely N-dealkylation sites (N-methyl/N-ethyl adjacent to an activating group) is 1. The first-order valence-corrected chi connectivity index (χ1v) is 7.65. The molecule has 0 aromatic heterocycles. The molecule has 2 rings (SSSR count). The summed E-state index contributed by atoms with van der Waals surface area (Å²) in [5, 5.41) is 3.22. The third-order valence-corrected chi connectivity index (χ3v) is 3.49. The lowest BCUT2D eigenvalue weighted by molar-refractivity contribution is -0.118. The van der Waals surface area contributed by atoms with Gasteiger partial charge in [-0.05, 0) is 38.9 Å². The van der Waals surface area contributed by atoms with Gasteiger partial charge in [0.15, 0.2) is 0 Å². The number of nitrogens with zero attached hydrogens (tertiary/aromatic N) is 1. The van der Waals surface area contributed by atoms with Crippen molar-refractivity contribution in [2.45, 2.75) is 33.2 Å². The second kappa shape index (κ2) is 7.31. The fourth-order valence-corrected chi connectivity index (χ4v) is 2.60. The van der Waals surface area contributed by atoms with Crippen LogP contribution in [0, 0.1) is 0 Å². The standard InChI is InChI=1S/C16H24N2O3/c1-4-17-13-9-10-18(16(13)19)14-11-12(20-5-2)7-8-15(14)21-6-3/h7-8,11,13,17H,4-6,9-10H2,1-3H3. The molecule has 0 spiro atoms. The minimum Gasteiger partial charge on any atom is -0.494 e. The molecule has 1 aromatic carbocycles. The molecular formula is C16H24N2O3. The SMILES string of the molecule is CCNC1CCN(c2cc(OCC)ccc2OCC)C1=O. The molecule has 1 unspecified atom stereocenters. The van der Waals surface area contributed by atoms with Crippen LogP contribution in [-0.2, 0) is 4.79 Å². The van der Waals surface area contributed by atoms with Crippen LogP contribution in [0.2, 0.25) is 0 Å². The van der Waals surface area contributed by atoms with Gasteiger partial charge in [-0.3, -0.25) is 4.79 Å². The van der Waals surface area contributed by atoms with Gasteiger partial charge < -0.3 is 19.7 Å². The normalized spacial score (nSPS) is 18.1. The number of nitrogens with one attached hydrogen (secondary N) is 1. The molecule has 1 aliphatic rings. The van der Waals surface area contributed by atoms with Crippen molar-refractivity contribution in [3.05, 3.63) is 18.2 Å². The summed E-state index contributed by atoms with van der Waals surface area (Å²) in [4.78, 5) is 14.3. The van der Waals surface area contributed by atoms with Gasteiger partial charge in [-0.25, -0.2) is 0 Å². The second-order valence-electron chi connectivity index (χ2n) is 4.88. The summed E-state index contributed by atoms with van der Waals surface area (Å²) < 4.78 is 11.2. The average Bonchev–Trinajstić information content (AvgIpc) is 2.83. The Morgan fingerprint density at radius 1 is 1.24 bits per heavy atom. The van der Waals surface area contributed by atoms with Crippen LogP contribution >= 0.6 is 0 Å². The van der Waals surface area contributed by atoms with Crippen LogP contribution in [0.4, 0.5) is 5.69 Å². The largest absolute Gasteiger partial charge is 0.494 e. The van der Waals surface area contributed by atoms with Crippen molar-refractivity contribution in [2.75, 3.05) is 31.2 Å². The van der Waals surface area contributed by atoms with E-state index >= 15 is 0 Å². The van der Waals surface area contributed by atoms with Crippen LogP contribution in [0.5, 0.6) is 11.5 Å². The molecule has 5 heteroatoms. The van der Waals surface area contributed by atoms with Crippen molar-refractivity contribution < 1.29 is 14.3 Å². The minimum atomic E-state index is -0.0970. The summed E-state index contributed by atoms with van der Waals surface area (Å²) in [5.74, 6) is 1.59. The van der Waals surface area contributed by atoms with Crippen molar-refractivity contribution >= 4 is 11.6 Å². The molecule has 1 fully saturated rings. The van der Waals surface area contributed by atoms with Crippen molar-refractivity contribution in [3.63, 3.8) is 0 Å². The van der Waals surface area contributed by atoms with Gasteiger partial charge in [0.2, 0.25) is 5.91 Å². The molecule has 1 N–H and O–H groups in total. The van der Waals surface area contributed by atoms with E-state index in [0.717, 1.165) is 30.2 Å². The summed E-state index contributed by atoms with van der Waals surface area (Å²) in [5.41, 5.74) is 0.799. The Morgan fingerprint density at radius 3 is 2.67 bits per heavy atom. The van der Waals surface area contributed by atoms with Crippen molar-refractivity contribution in [1.29, 1.82) is 0 Å². The van der Waals surface area contributed by atoms with Gasteiger partial charge in [0.05, 0.1) is 24.9 Å². The number of carbonyl (C=O) groups is 1. The molecule has 0 radical (unpaired) electrons. The van der Waals surface area contributed by atoms with Gasteiger partial charge in [-0.1, -0.05) is 6.92 Å². The molecule has 1 aliphatic heterocycles. The zero-order chi connectivity index (χ0) is 15.2. The van der Waals surface area contributed by atoms with E-state index in [-0.39, 0.29) is 11.9 Å². The smallest absolute Gasteiger partial charge is 0.244 e. The first kappa shape index (κ1) is 15.6. The maximum atomic E-state index is 12.5. The Morgan fingerprint density at radius 2 is 2.00 bits per heavy atom. The highest BCUT2D eigenvalue weighted by molar-refractivity contribution is 6.00. The Labute approximate surface area is 126 Å². The molecule has 21 heavy (non-hydrogen) atoms. The predicted molar refractivity (Wildman–Crippen MR) is 83.2 cm³/mol. The maximum Gasteiger partial charge on any atom is 0.244 e. The Kier molecular flexibility index (Phi) is 5.44. The van der Waals surface area contributed by atoms with Gasteiger partial charge in [0.25, 0.3) is 0 Å². The van der Waals surface area contributed by atoms with E-state index in [0.29, 0.717) is 19.8 Å². The van der Waals surface area contributed by atoms with Crippen LogP contribution in [0.1, 0.15) is 27.2 Å². The van der Waals surface area contributed by atoms with Crippen LogP contribution in [0.25, 0.3) is 0 Å². The first-order valence-electron chi connectivity index (χ1n) is 7.65. The van der Waals surface area contributed by atoms with Gasteiger partial charge in [0, 0.05) is 12.6 Å². The zero-order valence-electron chi connectivity index (χ0n) is 13.0. The lowest BCUT2D eigenvalue weighted by Crippen LogP contribution is -2.38. The number of benzene rings is 1. The molecule has 116 valence electrons. The summed E-state index contributed by atoms with van der Waals surface area (Å²) in [6.07, 6.45) is 0.817. The summed E-state index contributed by atoms with van der Waals surface area (Å²) in [6.45, 7) is 8.55. The summed E-state index contributed by atoms with van der Waals surface area (Å²) in [7, 11) is 0. The highest BCUT2D eigenvalue weighted by Gasteiger charge is 2.33. The quantitative estimate of drug-likeness (QED) is 0.837. The Bertz CT molecular complexity index is 490. The Balaban J connectivity index is 2.27. The topological polar surface area (TPSA) is 50.8 Å². The number of carbonyl (C=O) groups excluding carboxylic acids is 1. The second-order valence-corrected chi connectivity index (χ2v) is 4.88. The van der Waals surface area contributed by atoms with Gasteiger partial charge in [0.1, 0.15) is 11.5 Å². The molecule has 0 bridgehead atoms. The van der Waals surface area contributed by atoms with Crippen LogP contribution < -0.4 is 19.7 Å². The molecule has 1 saturated heterocycles. The van der Waals surface area contributed by atoms with Crippen LogP contribution in [0.3, 0.4) is 0 Å². The first-order chi connectivity index (χ1) is 10.2. The number of rotatable bonds is 7. The van der Waals surface area contributed by atoms with E-state index in [4.69, 9.17) is 9.47 Å². The fourth-order valence-electron chi connectivity index (χ4n) is 2.60. The number of amides is 1. The summed E-state index contributed by atoms with van der Waals surface area (Å²) >= 11 is 0. The van der Waals surface area contributed by atoms with E-state index in [9.17, 15) is 4.79 Å². The fraction of sp³-hybridized carbons (Fsp3) is 0.562. The Hall–Kier alpha value is -1.75. The summed E-state index contributed by atoms with van der Waals surface area (Å²) in [6, 6.07) is 5.54. The van der Waals surface area contributed by atoms with E-state index in [1.165, 1.54) is 0 Å².